The minimum atomic E-state index is 0. The molecule has 0 aliphatic carbocycles. The highest BCUT2D eigenvalue weighted by Gasteiger charge is 2.14. The van der Waals surface area contributed by atoms with Gasteiger partial charge in [0.15, 0.2) is 44.2 Å². The van der Waals surface area contributed by atoms with E-state index in [0.29, 0.717) is 5.75 Å². The summed E-state index contributed by atoms with van der Waals surface area (Å²) in [6.07, 6.45) is 17.8. The molecule has 0 saturated heterocycles. The Hall–Kier alpha value is -8.05. The molecule has 0 amide bonds. The first kappa shape index (κ1) is 77.2. The van der Waals surface area contributed by atoms with E-state index in [9.17, 15) is 14.7 Å². The predicted octanol–water partition coefficient (Wildman–Crippen LogP) is 7.28. The van der Waals surface area contributed by atoms with E-state index in [1.807, 2.05) is 207 Å². The summed E-state index contributed by atoms with van der Waals surface area (Å²) < 4.78 is 23.9. The maximum absolute atomic E-state index is 11.3. The van der Waals surface area contributed by atoms with Gasteiger partial charge in [-0.3, -0.25) is 0 Å². The molecular weight excluding hydrogens is 1030 g/mol. The van der Waals surface area contributed by atoms with Crippen molar-refractivity contribution in [2.24, 2.45) is 84.6 Å². The molecule has 8 aromatic heterocycles. The number of thiazole rings is 1. The first-order chi connectivity index (χ1) is 35.7. The van der Waals surface area contributed by atoms with Gasteiger partial charge in [-0.05, 0) is 71.4 Å². The van der Waals surface area contributed by atoms with Gasteiger partial charge in [-0.15, -0.1) is 9.36 Å². The van der Waals surface area contributed by atoms with E-state index in [1.165, 1.54) is 26.4 Å². The van der Waals surface area contributed by atoms with Crippen LogP contribution in [0.25, 0.3) is 21.1 Å². The Balaban J connectivity index is -0.000000857. The van der Waals surface area contributed by atoms with Crippen LogP contribution in [0.15, 0.2) is 156 Å². The molecule has 10 rings (SSSR count). The summed E-state index contributed by atoms with van der Waals surface area (Å²) in [5.74, 6) is 1.51. The van der Waals surface area contributed by atoms with Crippen LogP contribution in [-0.4, -0.2) is 28.7 Å². The third-order valence-corrected chi connectivity index (χ3v) is 13.8. The van der Waals surface area contributed by atoms with Gasteiger partial charge in [-0.2, -0.15) is 32.5 Å². The lowest BCUT2D eigenvalue weighted by Crippen LogP contribution is -2.53. The molecule has 17 heteroatoms. The number of hydrogen-bond donors (Lipinski definition) is 1. The third-order valence-electron chi connectivity index (χ3n) is 12.7. The number of benzene rings is 2. The van der Waals surface area contributed by atoms with Crippen LogP contribution in [0.1, 0.15) is 81.7 Å². The molecule has 16 nitrogen and oxygen atoms in total. The van der Waals surface area contributed by atoms with E-state index < -0.39 is 0 Å². The summed E-state index contributed by atoms with van der Waals surface area (Å²) in [4.78, 5) is 22.5. The second-order valence-electron chi connectivity index (χ2n) is 18.8. The van der Waals surface area contributed by atoms with Crippen LogP contribution in [0, 0.1) is 55.4 Å². The fourth-order valence-corrected chi connectivity index (χ4v) is 8.07. The summed E-state index contributed by atoms with van der Waals surface area (Å²) in [7, 11) is 23.1. The SMILES string of the molecule is C.C.C.C.C.C[n+]1ccccc1.Cc1c(O)ccc2c[n+](C)n(C)c12.Cc1cc(C)[n+](C)c(=O)n1C.Cc1cc[n+](C)c(=O)n1C.Cc1cc[n+](C)cc1.Cc1ccc[n+](C)c1.Cc1n(C)nc[n+]1C.Cc1sc2ccccc2[n+]1C. The summed E-state index contributed by atoms with van der Waals surface area (Å²) in [6, 6.07) is 30.3. The van der Waals surface area contributed by atoms with Crippen LogP contribution in [-0.2, 0) is 84.6 Å². The molecule has 1 N–H and O–H groups in total. The van der Waals surface area contributed by atoms with E-state index in [0.717, 1.165) is 39.4 Å². The van der Waals surface area contributed by atoms with Crippen molar-refractivity contribution in [3.8, 4) is 5.75 Å². The fraction of sp³-hybridized carbons (Fsp3) is 0.391. The molecule has 0 atom stereocenters. The topological polar surface area (TPSA) is 118 Å². The van der Waals surface area contributed by atoms with E-state index in [4.69, 9.17) is 0 Å². The Kier molecular flexibility index (Phi) is 35.2. The van der Waals surface area contributed by atoms with Crippen LogP contribution in [0.2, 0.25) is 0 Å². The van der Waals surface area contributed by atoms with E-state index in [2.05, 4.69) is 86.1 Å². The molecule has 10 aromatic rings. The summed E-state index contributed by atoms with van der Waals surface area (Å²) in [5, 5.41) is 16.0. The number of aromatic hydroxyl groups is 1. The summed E-state index contributed by atoms with van der Waals surface area (Å²) >= 11 is 1.84. The highest BCUT2D eigenvalue weighted by molar-refractivity contribution is 7.18. The lowest BCUT2D eigenvalue weighted by Gasteiger charge is -1.99. The van der Waals surface area contributed by atoms with Gasteiger partial charge < -0.3 is 5.11 Å². The second kappa shape index (κ2) is 37.0. The number of para-hydroxylation sites is 1. The number of pyridine rings is 3. The van der Waals surface area contributed by atoms with Crippen molar-refractivity contribution >= 4 is 32.5 Å². The molecule has 0 radical (unpaired) electrons. The van der Waals surface area contributed by atoms with Gasteiger partial charge in [0, 0.05) is 78.6 Å². The Morgan fingerprint density at radius 2 is 1.07 bits per heavy atom. The Morgan fingerprint density at radius 1 is 0.519 bits per heavy atom. The maximum Gasteiger partial charge on any atom is 0.497 e. The molecule has 442 valence electrons. The number of aryl methyl sites for hydroxylation is 16. The van der Waals surface area contributed by atoms with Gasteiger partial charge in [-0.25, -0.2) is 22.8 Å². The zero-order chi connectivity index (χ0) is 57.0. The molecular formula is C64H105N13O3S+8. The number of phenols is 1. The van der Waals surface area contributed by atoms with E-state index >= 15 is 0 Å². The number of hydrogen-bond acceptors (Lipinski definition) is 5. The van der Waals surface area contributed by atoms with Crippen LogP contribution in [0.3, 0.4) is 0 Å². The van der Waals surface area contributed by atoms with Crippen molar-refractivity contribution < 1.29 is 41.8 Å². The van der Waals surface area contributed by atoms with Crippen LogP contribution >= 0.6 is 11.3 Å². The Bertz CT molecular complexity index is 3470. The normalized spacial score (nSPS) is 9.38. The number of rotatable bonds is 0. The third kappa shape index (κ3) is 23.7. The van der Waals surface area contributed by atoms with Crippen LogP contribution in [0.5, 0.6) is 5.75 Å². The van der Waals surface area contributed by atoms with Crippen LogP contribution in [0.4, 0.5) is 0 Å². The lowest BCUT2D eigenvalue weighted by molar-refractivity contribution is -0.748. The second-order valence-corrected chi connectivity index (χ2v) is 20.0. The quantitative estimate of drug-likeness (QED) is 0.161. The minimum Gasteiger partial charge on any atom is -0.508 e. The molecule has 8 heterocycles. The van der Waals surface area contributed by atoms with Gasteiger partial charge in [0.1, 0.15) is 61.2 Å². The highest BCUT2D eigenvalue weighted by atomic mass is 32.1. The monoisotopic (exact) mass is 1140 g/mol. The summed E-state index contributed by atoms with van der Waals surface area (Å²) in [6.45, 7) is 16.0. The van der Waals surface area contributed by atoms with E-state index in [1.54, 1.807) is 65.0 Å². The lowest BCUT2D eigenvalue weighted by atomic mass is 10.1. The zero-order valence-corrected chi connectivity index (χ0v) is 49.7. The first-order valence-corrected chi connectivity index (χ1v) is 25.7. The Labute approximate surface area is 490 Å². The standard InChI is InChI=1S/C10H12N2O.C9H10NS.C8H13N2O.C7H11N2O.2C7H10N.C6H8N.C5H10N3.5CH4/c1-7-9(13)5-4-8-6-11(2)12(3)10(7)8;1-7-10(2)8-5-3-4-6-9(8)11-7;1-6-5-7(2)10(4)8(11)9(6)3;1-6-4-5-8(2)7(10)9(6)3;1-7-3-5-8(2)6-4-7;1-7-4-3-5-8(2)6-7;1-7-5-3-2-4-6-7;1-5-7(2)4-6-8(5)3;;;;;/h4-6H,1-3H3;3-6H,1-2H3;5H,1-4H3;4-5H,1-3H3;2*3-6H,1-2H3;2-6H,1H3;4H,1-3H3;5*1H4/q;7*+1;;;;;/p+1. The minimum absolute atomic E-state index is 0. The summed E-state index contributed by atoms with van der Waals surface area (Å²) in [5.41, 5.74) is 8.96. The average molecular weight is 1140 g/mol. The molecule has 0 fully saturated rings. The molecule has 2 aromatic carbocycles. The molecule has 0 aliphatic rings. The predicted molar refractivity (Wildman–Crippen MR) is 333 cm³/mol. The van der Waals surface area contributed by atoms with Crippen molar-refractivity contribution in [1.82, 2.24) is 23.6 Å². The Morgan fingerprint density at radius 3 is 1.53 bits per heavy atom. The molecule has 0 bridgehead atoms. The number of phenolic OH excluding ortho intramolecular Hbond substituents is 1. The smallest absolute Gasteiger partial charge is 0.497 e. The van der Waals surface area contributed by atoms with Gasteiger partial charge >= 0.3 is 11.4 Å². The van der Waals surface area contributed by atoms with Crippen LogP contribution < -0.4 is 48.0 Å². The first-order valence-electron chi connectivity index (χ1n) is 24.9. The van der Waals surface area contributed by atoms with E-state index in [-0.39, 0.29) is 48.5 Å². The van der Waals surface area contributed by atoms with Gasteiger partial charge in [0.2, 0.25) is 22.5 Å². The maximum atomic E-state index is 11.3. The number of nitrogens with zero attached hydrogens (tertiary/aromatic N) is 13. The molecule has 0 aliphatic heterocycles. The number of fused-ring (bicyclic) bond motifs is 2. The number of aromatic nitrogens is 13. The fourth-order valence-electron chi connectivity index (χ4n) is 7.06. The van der Waals surface area contributed by atoms with Gasteiger partial charge in [0.25, 0.3) is 6.33 Å². The van der Waals surface area contributed by atoms with Crippen molar-refractivity contribution in [2.75, 3.05) is 0 Å². The van der Waals surface area contributed by atoms with Gasteiger partial charge in [0.05, 0.1) is 60.9 Å². The molecule has 0 saturated carbocycles. The zero-order valence-electron chi connectivity index (χ0n) is 48.8. The van der Waals surface area contributed by atoms with Crippen molar-refractivity contribution in [3.05, 3.63) is 212 Å². The molecule has 0 spiro atoms. The van der Waals surface area contributed by atoms with Crippen molar-refractivity contribution in [3.63, 3.8) is 0 Å². The van der Waals surface area contributed by atoms with Gasteiger partial charge in [-0.1, -0.05) is 66.7 Å². The largest absolute Gasteiger partial charge is 0.508 e. The highest BCUT2D eigenvalue weighted by Crippen LogP contribution is 2.24. The van der Waals surface area contributed by atoms with Crippen molar-refractivity contribution in [2.45, 2.75) is 92.5 Å². The molecule has 81 heavy (non-hydrogen) atoms. The van der Waals surface area contributed by atoms with Crippen molar-refractivity contribution in [1.29, 1.82) is 0 Å². The average Bonchev–Trinajstić information content (AvgIpc) is 3.98. The molecule has 0 unspecified atom stereocenters.